The van der Waals surface area contributed by atoms with Crippen molar-refractivity contribution in [3.8, 4) is 0 Å². The monoisotopic (exact) mass is 484 g/mol. The van der Waals surface area contributed by atoms with Crippen LogP contribution in [0.5, 0.6) is 0 Å². The van der Waals surface area contributed by atoms with E-state index in [0.717, 1.165) is 9.13 Å². The summed E-state index contributed by atoms with van der Waals surface area (Å²) in [7, 11) is 0. The zero-order valence-electron chi connectivity index (χ0n) is 14.8. The van der Waals surface area contributed by atoms with E-state index in [9.17, 15) is 14.4 Å². The fourth-order valence-corrected chi connectivity index (χ4v) is 5.36. The summed E-state index contributed by atoms with van der Waals surface area (Å²) in [6.45, 7) is 0. The number of carbonyl (C=O) groups is 3. The number of carbonyl (C=O) groups excluding carboxylic acids is 3. The molecule has 0 aliphatic carbocycles. The lowest BCUT2D eigenvalue weighted by Crippen LogP contribution is -2.55. The Morgan fingerprint density at radius 2 is 1.68 bits per heavy atom. The molecule has 3 aliphatic heterocycles. The van der Waals surface area contributed by atoms with Crippen molar-refractivity contribution in [2.75, 3.05) is 4.90 Å². The fourth-order valence-electron chi connectivity index (χ4n) is 4.78. The molecule has 3 aliphatic rings. The Kier molecular flexibility index (Phi) is 4.03. The van der Waals surface area contributed by atoms with Gasteiger partial charge in [0.1, 0.15) is 0 Å². The average Bonchev–Trinajstić information content (AvgIpc) is 3.13. The molecule has 2 fully saturated rings. The van der Waals surface area contributed by atoms with Crippen molar-refractivity contribution in [2.45, 2.75) is 18.0 Å². The van der Waals surface area contributed by atoms with Gasteiger partial charge in [-0.2, -0.15) is 0 Å². The minimum atomic E-state index is -0.735. The van der Waals surface area contributed by atoms with Gasteiger partial charge in [-0.05, 0) is 58.9 Å². The second-order valence-electron chi connectivity index (χ2n) is 7.52. The van der Waals surface area contributed by atoms with Crippen LogP contribution in [0.25, 0.3) is 0 Å². The summed E-state index contributed by atoms with van der Waals surface area (Å²) in [6.07, 6.45) is 3.90. The third-order valence-corrected chi connectivity index (χ3v) is 7.05. The van der Waals surface area contributed by atoms with Crippen molar-refractivity contribution in [3.05, 3.63) is 75.9 Å². The van der Waals surface area contributed by atoms with Crippen molar-refractivity contribution < 1.29 is 14.4 Å². The van der Waals surface area contributed by atoms with Crippen LogP contribution in [0.3, 0.4) is 0 Å². The van der Waals surface area contributed by atoms with Crippen molar-refractivity contribution in [1.82, 2.24) is 5.32 Å². The van der Waals surface area contributed by atoms with E-state index in [-0.39, 0.29) is 17.6 Å². The number of nitrogens with one attached hydrogen (secondary N) is 1. The number of para-hydroxylation sites is 1. The van der Waals surface area contributed by atoms with Gasteiger partial charge in [0, 0.05) is 3.57 Å². The van der Waals surface area contributed by atoms with Gasteiger partial charge in [0.2, 0.25) is 11.8 Å². The highest BCUT2D eigenvalue weighted by atomic mass is 127. The number of halogens is 1. The molecule has 5 nitrogen and oxygen atoms in total. The summed E-state index contributed by atoms with van der Waals surface area (Å²) in [4.78, 5) is 40.5. The van der Waals surface area contributed by atoms with Crippen LogP contribution < -0.4 is 10.2 Å². The predicted octanol–water partition coefficient (Wildman–Crippen LogP) is 2.49. The number of fused-ring (bicyclic) bond motifs is 5. The normalized spacial score (nSPS) is 30.8. The van der Waals surface area contributed by atoms with Crippen LogP contribution in [0.2, 0.25) is 0 Å². The van der Waals surface area contributed by atoms with E-state index < -0.39 is 23.4 Å². The maximum atomic E-state index is 13.4. The van der Waals surface area contributed by atoms with Crippen molar-refractivity contribution in [3.63, 3.8) is 0 Å². The first-order valence-corrected chi connectivity index (χ1v) is 10.3. The second kappa shape index (κ2) is 6.35. The van der Waals surface area contributed by atoms with Crippen LogP contribution in [-0.2, 0) is 20.8 Å². The van der Waals surface area contributed by atoms with Gasteiger partial charge in [-0.15, -0.1) is 0 Å². The lowest BCUT2D eigenvalue weighted by Gasteiger charge is -2.34. The Balaban J connectivity index is 1.61. The molecule has 0 saturated carbocycles. The van der Waals surface area contributed by atoms with Gasteiger partial charge in [-0.25, -0.2) is 4.90 Å². The highest BCUT2D eigenvalue weighted by Crippen LogP contribution is 2.48. The smallest absolute Gasteiger partial charge is 0.239 e. The molecular weight excluding hydrogens is 467 g/mol. The minimum absolute atomic E-state index is 0.137. The maximum absolute atomic E-state index is 13.4. The highest BCUT2D eigenvalue weighted by Gasteiger charge is 2.67. The first kappa shape index (κ1) is 17.8. The van der Waals surface area contributed by atoms with E-state index in [1.807, 2.05) is 30.3 Å². The van der Waals surface area contributed by atoms with Gasteiger partial charge >= 0.3 is 0 Å². The number of hydrogen-bond acceptors (Lipinski definition) is 4. The fraction of sp³-hybridized carbons (Fsp3) is 0.227. The number of ketones is 1. The number of nitrogens with zero attached hydrogens (tertiary/aromatic N) is 1. The van der Waals surface area contributed by atoms with Crippen LogP contribution in [0, 0.1) is 15.4 Å². The molecule has 4 unspecified atom stereocenters. The first-order chi connectivity index (χ1) is 13.5. The Hall–Kier alpha value is -2.32. The molecule has 2 bridgehead atoms. The van der Waals surface area contributed by atoms with Crippen molar-refractivity contribution in [2.24, 2.45) is 11.8 Å². The van der Waals surface area contributed by atoms with E-state index in [1.54, 1.807) is 36.4 Å². The molecule has 2 amide bonds. The number of hydrogen-bond donors (Lipinski definition) is 1. The molecule has 1 N–H and O–H groups in total. The van der Waals surface area contributed by atoms with E-state index in [1.165, 1.54) is 4.90 Å². The topological polar surface area (TPSA) is 66.5 Å². The Bertz CT molecular complexity index is 1040. The quantitative estimate of drug-likeness (QED) is 0.538. The molecule has 6 heteroatoms. The van der Waals surface area contributed by atoms with E-state index in [2.05, 4.69) is 27.9 Å². The summed E-state index contributed by atoms with van der Waals surface area (Å²) in [6, 6.07) is 16.3. The Labute approximate surface area is 175 Å². The standard InChI is InChI=1S/C22H17IN2O3/c23-15-9-5-4-6-13(15)12-22-11-10-16(26)19(24-22)17-18(22)21(28)25(20(17)27)14-7-2-1-3-8-14/h1-11,17-19,24H,12H2. The summed E-state index contributed by atoms with van der Waals surface area (Å²) in [5, 5.41) is 3.36. The van der Waals surface area contributed by atoms with Crippen molar-refractivity contribution >= 4 is 45.9 Å². The molecule has 0 aromatic heterocycles. The van der Waals surface area contributed by atoms with E-state index in [0.29, 0.717) is 12.1 Å². The third kappa shape index (κ3) is 2.44. The molecular formula is C22H17IN2O3. The van der Waals surface area contributed by atoms with Crippen LogP contribution in [0.4, 0.5) is 5.69 Å². The summed E-state index contributed by atoms with van der Waals surface area (Å²) in [5.41, 5.74) is 0.916. The van der Waals surface area contributed by atoms with E-state index >= 15 is 0 Å². The summed E-state index contributed by atoms with van der Waals surface area (Å²) in [5.74, 6) is -1.93. The van der Waals surface area contributed by atoms with Gasteiger partial charge in [0.15, 0.2) is 5.78 Å². The van der Waals surface area contributed by atoms with Gasteiger partial charge in [-0.1, -0.05) is 42.5 Å². The number of benzene rings is 2. The van der Waals surface area contributed by atoms with E-state index in [4.69, 9.17) is 0 Å². The summed E-state index contributed by atoms with van der Waals surface area (Å²) >= 11 is 2.28. The first-order valence-electron chi connectivity index (χ1n) is 9.19. The molecule has 5 rings (SSSR count). The molecule has 2 aromatic carbocycles. The number of imide groups is 1. The Morgan fingerprint density at radius 3 is 2.43 bits per heavy atom. The molecule has 0 radical (unpaired) electrons. The molecule has 3 heterocycles. The van der Waals surface area contributed by atoms with Crippen LogP contribution >= 0.6 is 22.6 Å². The van der Waals surface area contributed by atoms with Crippen LogP contribution in [0.1, 0.15) is 5.56 Å². The minimum Gasteiger partial charge on any atom is -0.296 e. The molecule has 0 spiro atoms. The average molecular weight is 484 g/mol. The molecule has 28 heavy (non-hydrogen) atoms. The molecule has 2 saturated heterocycles. The summed E-state index contributed by atoms with van der Waals surface area (Å²) < 4.78 is 1.10. The number of rotatable bonds is 3. The van der Waals surface area contributed by atoms with Crippen LogP contribution in [0.15, 0.2) is 66.7 Å². The number of anilines is 1. The predicted molar refractivity (Wildman–Crippen MR) is 113 cm³/mol. The number of amides is 2. The zero-order chi connectivity index (χ0) is 19.5. The zero-order valence-corrected chi connectivity index (χ0v) is 17.0. The third-order valence-electron chi connectivity index (χ3n) is 6.00. The molecule has 4 atom stereocenters. The lowest BCUT2D eigenvalue weighted by molar-refractivity contribution is -0.126. The second-order valence-corrected chi connectivity index (χ2v) is 8.68. The lowest BCUT2D eigenvalue weighted by atomic mass is 9.77. The highest BCUT2D eigenvalue weighted by molar-refractivity contribution is 14.1. The SMILES string of the molecule is O=C1C=CC2(Cc3ccccc3I)NC1C1C(=O)N(c3ccccc3)C(=O)C12. The maximum Gasteiger partial charge on any atom is 0.239 e. The van der Waals surface area contributed by atoms with Gasteiger partial charge in [0.05, 0.1) is 29.1 Å². The van der Waals surface area contributed by atoms with Gasteiger partial charge in [0.25, 0.3) is 0 Å². The van der Waals surface area contributed by atoms with Crippen molar-refractivity contribution in [1.29, 1.82) is 0 Å². The molecule has 140 valence electrons. The largest absolute Gasteiger partial charge is 0.296 e. The molecule has 2 aromatic rings. The Morgan fingerprint density at radius 1 is 0.964 bits per heavy atom. The van der Waals surface area contributed by atoms with Crippen LogP contribution in [-0.4, -0.2) is 29.2 Å². The van der Waals surface area contributed by atoms with Gasteiger partial charge < -0.3 is 0 Å². The van der Waals surface area contributed by atoms with Gasteiger partial charge in [-0.3, -0.25) is 19.7 Å².